The Morgan fingerprint density at radius 1 is 0.909 bits per heavy atom. The number of aromatic hydroxyl groups is 2. The third kappa shape index (κ3) is 5.43. The molecule has 6 atom stereocenters. The Bertz CT molecular complexity index is 2330. The zero-order chi connectivity index (χ0) is 38.9. The van der Waals surface area contributed by atoms with E-state index in [1.165, 1.54) is 36.4 Å². The fourth-order valence-electron chi connectivity index (χ4n) is 9.11. The zero-order valence-corrected chi connectivity index (χ0v) is 29.9. The van der Waals surface area contributed by atoms with E-state index in [1.54, 1.807) is 43.3 Å². The summed E-state index contributed by atoms with van der Waals surface area (Å²) in [5.41, 5.74) is 2.72. The molecule has 2 heterocycles. The summed E-state index contributed by atoms with van der Waals surface area (Å²) in [4.78, 5) is 71.2. The number of carboxylic acids is 1. The van der Waals surface area contributed by atoms with Crippen LogP contribution in [-0.4, -0.2) is 56.5 Å². The Hall–Kier alpha value is -6.21. The number of aromatic carboxylic acids is 1. The largest absolute Gasteiger partial charge is 0.507 e. The topological polar surface area (TPSA) is 174 Å². The molecule has 280 valence electrons. The number of hydrogen-bond donors (Lipinski definition) is 4. The van der Waals surface area contributed by atoms with Crippen LogP contribution in [0.1, 0.15) is 47.2 Å². The van der Waals surface area contributed by atoms with E-state index in [0.29, 0.717) is 21.7 Å². The molecule has 2 aliphatic carbocycles. The van der Waals surface area contributed by atoms with Gasteiger partial charge in [0.05, 0.1) is 41.2 Å². The fraction of sp³-hybridized carbons (Fsp3) is 0.244. The number of nitrogens with one attached hydrogen (secondary N) is 1. The number of phenolic OH excluding ortho intramolecular Hbond substituents is 1. The maximum Gasteiger partial charge on any atom is 0.339 e. The summed E-state index contributed by atoms with van der Waals surface area (Å²) in [5, 5.41) is 32.0. The van der Waals surface area contributed by atoms with Crippen molar-refractivity contribution >= 4 is 52.6 Å². The second kappa shape index (κ2) is 13.3. The highest BCUT2D eigenvalue weighted by Crippen LogP contribution is 2.64. The van der Waals surface area contributed by atoms with Gasteiger partial charge in [0.1, 0.15) is 17.1 Å². The van der Waals surface area contributed by atoms with Crippen LogP contribution in [-0.2, 0) is 24.6 Å². The van der Waals surface area contributed by atoms with Gasteiger partial charge in [-0.2, -0.15) is 5.01 Å². The van der Waals surface area contributed by atoms with E-state index in [9.17, 15) is 38.9 Å². The molecule has 2 saturated heterocycles. The van der Waals surface area contributed by atoms with Crippen molar-refractivity contribution in [1.82, 2.24) is 5.01 Å². The summed E-state index contributed by atoms with van der Waals surface area (Å²) in [6.45, 7) is 1.96. The molecule has 4 N–H and O–H groups in total. The number of carboxylic acid groups (broad SMARTS) is 1. The molecule has 0 bridgehead atoms. The van der Waals surface area contributed by atoms with Crippen molar-refractivity contribution in [1.29, 1.82) is 0 Å². The molecule has 4 aromatic rings. The second-order valence-corrected chi connectivity index (χ2v) is 14.5. The van der Waals surface area contributed by atoms with E-state index in [2.05, 4.69) is 5.43 Å². The van der Waals surface area contributed by atoms with E-state index < -0.39 is 81.7 Å². The molecule has 4 aliphatic rings. The smallest absolute Gasteiger partial charge is 0.339 e. The van der Waals surface area contributed by atoms with Crippen LogP contribution in [0, 0.1) is 29.5 Å². The number of allylic oxidation sites excluding steroid dienone is 2. The first kappa shape index (κ1) is 35.8. The normalized spacial score (nSPS) is 25.7. The lowest BCUT2D eigenvalue weighted by molar-refractivity contribution is -0.138. The summed E-state index contributed by atoms with van der Waals surface area (Å²) in [6, 6.07) is 19.9. The molecule has 8 rings (SSSR count). The highest BCUT2D eigenvalue weighted by atomic mass is 35.5. The molecule has 12 nitrogen and oxygen atoms in total. The Kier molecular flexibility index (Phi) is 8.64. The summed E-state index contributed by atoms with van der Waals surface area (Å²) < 4.78 is 19.7. The number of anilines is 2. The Balaban J connectivity index is 1.31. The van der Waals surface area contributed by atoms with Crippen LogP contribution in [0.3, 0.4) is 0 Å². The monoisotopic (exact) mass is 765 g/mol. The molecular weight excluding hydrogens is 733 g/mol. The van der Waals surface area contributed by atoms with Crippen LogP contribution < -0.4 is 15.1 Å². The summed E-state index contributed by atoms with van der Waals surface area (Å²) in [5.74, 6) is -9.52. The highest BCUT2D eigenvalue weighted by Gasteiger charge is 2.70. The van der Waals surface area contributed by atoms with E-state index in [-0.39, 0.29) is 42.3 Å². The van der Waals surface area contributed by atoms with Crippen molar-refractivity contribution in [3.63, 3.8) is 0 Å². The minimum Gasteiger partial charge on any atom is -0.507 e. The number of rotatable bonds is 8. The number of carbonyl (C=O) groups is 5. The lowest BCUT2D eigenvalue weighted by Crippen LogP contribution is -2.53. The number of imide groups is 2. The number of benzene rings is 4. The summed E-state index contributed by atoms with van der Waals surface area (Å²) >= 11 is 6.35. The standard InChI is InChI=1S/C41H33ClFN3O9/c1-2-55-33-17-20(3-16-31(33)47)35-26-14-15-28-34(38(51)45(36(28)49)25-12-13-27(39(52)53)32(48)18-25)29(26)19-30-37(50)46(44-24-10-8-23(43)9-11-24)40(54)41(30,35)21-4-6-22(42)7-5-21/h3-14,16-18,28-30,34-35,44,47-48H,2,15,19H2,1H3,(H,52,53). The molecular formula is C41H33ClFN3O9. The van der Waals surface area contributed by atoms with Gasteiger partial charge in [0.25, 0.3) is 11.8 Å². The van der Waals surface area contributed by atoms with Gasteiger partial charge in [0.2, 0.25) is 11.8 Å². The van der Waals surface area contributed by atoms with Crippen LogP contribution in [0.25, 0.3) is 0 Å². The second-order valence-electron chi connectivity index (χ2n) is 14.1. The molecule has 2 aliphatic heterocycles. The Morgan fingerprint density at radius 3 is 2.31 bits per heavy atom. The number of phenols is 2. The lowest BCUT2D eigenvalue weighted by atomic mass is 9.49. The van der Waals surface area contributed by atoms with Gasteiger partial charge in [-0.05, 0) is 97.5 Å². The molecule has 6 unspecified atom stereocenters. The first-order valence-electron chi connectivity index (χ1n) is 17.6. The van der Waals surface area contributed by atoms with Gasteiger partial charge < -0.3 is 20.1 Å². The third-order valence-electron chi connectivity index (χ3n) is 11.3. The van der Waals surface area contributed by atoms with Crippen LogP contribution in [0.4, 0.5) is 15.8 Å². The van der Waals surface area contributed by atoms with Crippen LogP contribution in [0.5, 0.6) is 17.2 Å². The number of amides is 4. The summed E-state index contributed by atoms with van der Waals surface area (Å²) in [6.07, 6.45) is 1.93. The van der Waals surface area contributed by atoms with E-state index in [4.69, 9.17) is 16.3 Å². The first-order valence-corrected chi connectivity index (χ1v) is 18.0. The zero-order valence-electron chi connectivity index (χ0n) is 29.1. The molecule has 0 spiro atoms. The molecule has 3 fully saturated rings. The summed E-state index contributed by atoms with van der Waals surface area (Å²) in [7, 11) is 0. The van der Waals surface area contributed by atoms with Crippen molar-refractivity contribution in [2.24, 2.45) is 23.7 Å². The van der Waals surface area contributed by atoms with Gasteiger partial charge in [0, 0.05) is 17.0 Å². The fourth-order valence-corrected chi connectivity index (χ4v) is 9.23. The van der Waals surface area contributed by atoms with E-state index in [1.807, 2.05) is 6.08 Å². The molecule has 1 saturated carbocycles. The number of ether oxygens (including phenoxy) is 1. The lowest BCUT2D eigenvalue weighted by Gasteiger charge is -2.50. The van der Waals surface area contributed by atoms with Crippen LogP contribution in [0.15, 0.2) is 96.6 Å². The van der Waals surface area contributed by atoms with E-state index >= 15 is 4.79 Å². The van der Waals surface area contributed by atoms with Gasteiger partial charge >= 0.3 is 5.97 Å². The molecule has 55 heavy (non-hydrogen) atoms. The number of fused-ring (bicyclic) bond motifs is 4. The third-order valence-corrected chi connectivity index (χ3v) is 11.6. The van der Waals surface area contributed by atoms with Gasteiger partial charge in [-0.25, -0.2) is 14.1 Å². The number of hydrazine groups is 1. The van der Waals surface area contributed by atoms with Crippen LogP contribution in [0.2, 0.25) is 5.02 Å². The average Bonchev–Trinajstić information content (AvgIpc) is 3.54. The van der Waals surface area contributed by atoms with Gasteiger partial charge in [-0.3, -0.25) is 24.6 Å². The number of hydrogen-bond acceptors (Lipinski definition) is 9. The van der Waals surface area contributed by atoms with Crippen molar-refractivity contribution in [3.05, 3.63) is 124 Å². The number of halogens is 2. The van der Waals surface area contributed by atoms with E-state index in [0.717, 1.165) is 22.0 Å². The average molecular weight is 766 g/mol. The maximum absolute atomic E-state index is 15.3. The first-order chi connectivity index (χ1) is 26.4. The Labute approximate surface area is 318 Å². The minimum atomic E-state index is -1.64. The van der Waals surface area contributed by atoms with Crippen molar-refractivity contribution in [2.45, 2.75) is 31.1 Å². The molecule has 0 radical (unpaired) electrons. The molecule has 4 amide bonds. The SMILES string of the molecule is CCOc1cc(C2C3=CCC4C(=O)N(c5ccc(C(=O)O)c(O)c5)C(=O)C4C3CC3C(=O)N(Nc4ccc(F)cc4)C(=O)C32c2ccc(Cl)cc2)ccc1O. The predicted octanol–water partition coefficient (Wildman–Crippen LogP) is 6.18. The molecule has 14 heteroatoms. The molecule has 0 aromatic heterocycles. The Morgan fingerprint density at radius 2 is 1.64 bits per heavy atom. The van der Waals surface area contributed by atoms with Gasteiger partial charge in [0.15, 0.2) is 11.5 Å². The number of carbonyl (C=O) groups excluding carboxylic acids is 4. The minimum absolute atomic E-state index is 0.00185. The molecule has 4 aromatic carbocycles. The maximum atomic E-state index is 15.3. The quantitative estimate of drug-likeness (QED) is 0.120. The van der Waals surface area contributed by atoms with Gasteiger partial charge in [-0.1, -0.05) is 41.4 Å². The predicted molar refractivity (Wildman–Crippen MR) is 196 cm³/mol. The van der Waals surface area contributed by atoms with Crippen molar-refractivity contribution in [2.75, 3.05) is 16.9 Å². The van der Waals surface area contributed by atoms with Crippen molar-refractivity contribution < 1.29 is 48.4 Å². The van der Waals surface area contributed by atoms with Gasteiger partial charge in [-0.15, -0.1) is 0 Å². The van der Waals surface area contributed by atoms with Crippen LogP contribution >= 0.6 is 11.6 Å². The van der Waals surface area contributed by atoms with Crippen molar-refractivity contribution in [3.8, 4) is 17.2 Å². The number of nitrogens with zero attached hydrogens (tertiary/aromatic N) is 2. The highest BCUT2D eigenvalue weighted by molar-refractivity contribution is 6.30.